The maximum Gasteiger partial charge on any atom is 0.217 e. The first-order valence-corrected chi connectivity index (χ1v) is 11.8. The van der Waals surface area contributed by atoms with Crippen LogP contribution in [-0.4, -0.2) is 52.5 Å². The topological polar surface area (TPSA) is 97.7 Å². The number of aromatic nitrogens is 2. The van der Waals surface area contributed by atoms with Gasteiger partial charge >= 0.3 is 0 Å². The lowest BCUT2D eigenvalue weighted by Crippen LogP contribution is -2.32. The molecular formula is C24H27N5O3S. The lowest BCUT2D eigenvalue weighted by molar-refractivity contribution is -0.119. The number of aryl methyl sites for hydroxylation is 1. The van der Waals surface area contributed by atoms with Gasteiger partial charge in [-0.3, -0.25) is 9.79 Å². The van der Waals surface area contributed by atoms with Crippen molar-refractivity contribution in [3.05, 3.63) is 48.3 Å². The highest BCUT2D eigenvalue weighted by Gasteiger charge is 2.14. The van der Waals surface area contributed by atoms with Crippen LogP contribution in [0.2, 0.25) is 0 Å². The van der Waals surface area contributed by atoms with E-state index in [1.54, 1.807) is 11.8 Å². The molecule has 33 heavy (non-hydrogen) atoms. The average Bonchev–Trinajstić information content (AvgIpc) is 3.31. The fourth-order valence-corrected chi connectivity index (χ4v) is 4.19. The minimum atomic E-state index is -0.214. The molecule has 2 aromatic carbocycles. The van der Waals surface area contributed by atoms with Gasteiger partial charge in [-0.2, -0.15) is 0 Å². The third-order valence-corrected chi connectivity index (χ3v) is 6.00. The SMILES string of the molecule is CC(=O)NC[C@@H](C)Oc1cccc2ncnc(Nc3ccc(OCC4=NCCS4)c(C)c3)c12. The van der Waals surface area contributed by atoms with Gasteiger partial charge in [-0.1, -0.05) is 6.07 Å². The highest BCUT2D eigenvalue weighted by atomic mass is 32.2. The van der Waals surface area contributed by atoms with Crippen molar-refractivity contribution in [2.75, 3.05) is 30.8 Å². The summed E-state index contributed by atoms with van der Waals surface area (Å²) in [7, 11) is 0. The number of hydrogen-bond acceptors (Lipinski definition) is 8. The molecule has 0 aliphatic carbocycles. The second kappa shape index (κ2) is 10.5. The van der Waals surface area contributed by atoms with E-state index in [-0.39, 0.29) is 12.0 Å². The number of carbonyl (C=O) groups is 1. The molecule has 0 saturated heterocycles. The van der Waals surface area contributed by atoms with Crippen molar-refractivity contribution in [3.8, 4) is 11.5 Å². The Morgan fingerprint density at radius 2 is 2.09 bits per heavy atom. The van der Waals surface area contributed by atoms with Gasteiger partial charge in [0.1, 0.15) is 41.4 Å². The quantitative estimate of drug-likeness (QED) is 0.491. The number of hydrogen-bond donors (Lipinski definition) is 2. The molecule has 0 bridgehead atoms. The van der Waals surface area contributed by atoms with Crippen LogP contribution in [0.25, 0.3) is 10.9 Å². The molecule has 1 amide bonds. The smallest absolute Gasteiger partial charge is 0.217 e. The summed E-state index contributed by atoms with van der Waals surface area (Å²) in [6.45, 7) is 7.19. The summed E-state index contributed by atoms with van der Waals surface area (Å²) < 4.78 is 12.1. The first-order chi connectivity index (χ1) is 16.0. The van der Waals surface area contributed by atoms with E-state index < -0.39 is 0 Å². The van der Waals surface area contributed by atoms with Crippen LogP contribution in [0, 0.1) is 6.92 Å². The van der Waals surface area contributed by atoms with Gasteiger partial charge in [0.2, 0.25) is 5.91 Å². The van der Waals surface area contributed by atoms with Crippen molar-refractivity contribution in [2.45, 2.75) is 26.9 Å². The van der Waals surface area contributed by atoms with E-state index in [4.69, 9.17) is 9.47 Å². The summed E-state index contributed by atoms with van der Waals surface area (Å²) in [6.07, 6.45) is 1.31. The molecule has 1 aliphatic heterocycles. The number of fused-ring (bicyclic) bond motifs is 1. The second-order valence-corrected chi connectivity index (χ2v) is 8.92. The van der Waals surface area contributed by atoms with Crippen molar-refractivity contribution < 1.29 is 14.3 Å². The monoisotopic (exact) mass is 465 g/mol. The molecular weight excluding hydrogens is 438 g/mol. The molecule has 0 radical (unpaired) electrons. The minimum Gasteiger partial charge on any atom is -0.488 e. The van der Waals surface area contributed by atoms with Crippen LogP contribution in [0.3, 0.4) is 0 Å². The van der Waals surface area contributed by atoms with E-state index in [1.165, 1.54) is 13.3 Å². The number of thioether (sulfide) groups is 1. The van der Waals surface area contributed by atoms with E-state index in [2.05, 4.69) is 25.6 Å². The molecule has 9 heteroatoms. The van der Waals surface area contributed by atoms with Gasteiger partial charge in [-0.15, -0.1) is 11.8 Å². The normalized spacial score (nSPS) is 14.0. The van der Waals surface area contributed by atoms with Crippen molar-refractivity contribution >= 4 is 45.1 Å². The molecule has 0 unspecified atom stereocenters. The number of ether oxygens (including phenoxy) is 2. The van der Waals surface area contributed by atoms with Gasteiger partial charge in [0.25, 0.3) is 0 Å². The molecule has 4 rings (SSSR count). The van der Waals surface area contributed by atoms with E-state index >= 15 is 0 Å². The van der Waals surface area contributed by atoms with Crippen molar-refractivity contribution in [2.24, 2.45) is 4.99 Å². The summed E-state index contributed by atoms with van der Waals surface area (Å²) in [4.78, 5) is 24.5. The Balaban J connectivity index is 1.53. The largest absolute Gasteiger partial charge is 0.488 e. The summed E-state index contributed by atoms with van der Waals surface area (Å²) in [5, 5.41) is 8.00. The molecule has 1 aliphatic rings. The zero-order valence-corrected chi connectivity index (χ0v) is 19.7. The number of benzene rings is 2. The Bertz CT molecular complexity index is 1180. The van der Waals surface area contributed by atoms with Gasteiger partial charge in [0.15, 0.2) is 0 Å². The van der Waals surface area contributed by atoms with Gasteiger partial charge in [0, 0.05) is 24.9 Å². The highest BCUT2D eigenvalue weighted by molar-refractivity contribution is 8.14. The highest BCUT2D eigenvalue weighted by Crippen LogP contribution is 2.33. The average molecular weight is 466 g/mol. The molecule has 0 fully saturated rings. The zero-order valence-electron chi connectivity index (χ0n) is 18.9. The third kappa shape index (κ3) is 5.92. The Labute approximate surface area is 197 Å². The summed E-state index contributed by atoms with van der Waals surface area (Å²) >= 11 is 1.75. The Morgan fingerprint density at radius 1 is 1.21 bits per heavy atom. The molecule has 8 nitrogen and oxygen atoms in total. The lowest BCUT2D eigenvalue weighted by Gasteiger charge is -2.18. The fourth-order valence-electron chi connectivity index (χ4n) is 3.45. The van der Waals surface area contributed by atoms with E-state index in [0.717, 1.165) is 45.2 Å². The number of amides is 1. The van der Waals surface area contributed by atoms with Gasteiger partial charge in [-0.25, -0.2) is 9.97 Å². The second-order valence-electron chi connectivity index (χ2n) is 7.76. The molecule has 3 aromatic rings. The number of aliphatic imine (C=N–C) groups is 1. The van der Waals surface area contributed by atoms with Crippen LogP contribution < -0.4 is 20.1 Å². The first-order valence-electron chi connectivity index (χ1n) is 10.8. The first kappa shape index (κ1) is 22.8. The van der Waals surface area contributed by atoms with Gasteiger partial charge in [-0.05, 0) is 49.7 Å². The fraction of sp³-hybridized carbons (Fsp3) is 0.333. The van der Waals surface area contributed by atoms with Crippen LogP contribution >= 0.6 is 11.8 Å². The van der Waals surface area contributed by atoms with Crippen molar-refractivity contribution in [1.82, 2.24) is 15.3 Å². The van der Waals surface area contributed by atoms with E-state index in [0.29, 0.717) is 24.7 Å². The summed E-state index contributed by atoms with van der Waals surface area (Å²) in [6, 6.07) is 11.6. The van der Waals surface area contributed by atoms with Crippen LogP contribution in [0.15, 0.2) is 47.7 Å². The molecule has 2 N–H and O–H groups in total. The molecule has 172 valence electrons. The van der Waals surface area contributed by atoms with Crippen LogP contribution in [0.5, 0.6) is 11.5 Å². The number of nitrogens with zero attached hydrogens (tertiary/aromatic N) is 3. The zero-order chi connectivity index (χ0) is 23.2. The Morgan fingerprint density at radius 3 is 2.85 bits per heavy atom. The number of nitrogens with one attached hydrogen (secondary N) is 2. The maximum absolute atomic E-state index is 11.2. The van der Waals surface area contributed by atoms with Crippen molar-refractivity contribution in [1.29, 1.82) is 0 Å². The number of rotatable bonds is 9. The minimum absolute atomic E-state index is 0.0909. The standard InChI is InChI=1S/C24H27N5O3S/c1-15-11-18(7-8-20(15)31-13-22-25-9-10-33-22)29-24-23-19(27-14-28-24)5-4-6-21(23)32-16(2)12-26-17(3)30/h4-8,11,14,16H,9-10,12-13H2,1-3H3,(H,26,30)(H,27,28,29)/t16-/m1/s1. The number of anilines is 2. The predicted octanol–water partition coefficient (Wildman–Crippen LogP) is 4.11. The molecule has 2 heterocycles. The van der Waals surface area contributed by atoms with Crippen LogP contribution in [0.1, 0.15) is 19.4 Å². The summed E-state index contributed by atoms with van der Waals surface area (Å²) in [5.41, 5.74) is 2.67. The van der Waals surface area contributed by atoms with E-state index in [9.17, 15) is 4.79 Å². The molecule has 1 aromatic heterocycles. The van der Waals surface area contributed by atoms with Crippen LogP contribution in [-0.2, 0) is 4.79 Å². The van der Waals surface area contributed by atoms with Crippen molar-refractivity contribution in [3.63, 3.8) is 0 Å². The molecule has 0 saturated carbocycles. The number of carbonyl (C=O) groups excluding carboxylic acids is 1. The third-order valence-electron chi connectivity index (χ3n) is 5.03. The van der Waals surface area contributed by atoms with Crippen LogP contribution in [0.4, 0.5) is 11.5 Å². The molecule has 1 atom stereocenters. The van der Waals surface area contributed by atoms with E-state index in [1.807, 2.05) is 50.2 Å². The van der Waals surface area contributed by atoms with Gasteiger partial charge < -0.3 is 20.1 Å². The Hall–Kier alpha value is -3.33. The van der Waals surface area contributed by atoms with Gasteiger partial charge in [0.05, 0.1) is 17.4 Å². The Kier molecular flexibility index (Phi) is 7.29. The molecule has 0 spiro atoms. The lowest BCUT2D eigenvalue weighted by atomic mass is 10.1. The summed E-state index contributed by atoms with van der Waals surface area (Å²) in [5.74, 6) is 3.07. The predicted molar refractivity (Wildman–Crippen MR) is 133 cm³/mol. The maximum atomic E-state index is 11.2.